The van der Waals surface area contributed by atoms with Gasteiger partial charge in [-0.3, -0.25) is 14.5 Å². The highest BCUT2D eigenvalue weighted by Gasteiger charge is 2.11. The van der Waals surface area contributed by atoms with Gasteiger partial charge < -0.3 is 0 Å². The van der Waals surface area contributed by atoms with Gasteiger partial charge >= 0.3 is 0 Å². The summed E-state index contributed by atoms with van der Waals surface area (Å²) in [6.07, 6.45) is 2.70. The monoisotopic (exact) mass is 198 g/mol. The van der Waals surface area contributed by atoms with Gasteiger partial charge in [0.1, 0.15) is 0 Å². The molecule has 0 aliphatic rings. The van der Waals surface area contributed by atoms with E-state index in [1.807, 2.05) is 0 Å². The first kappa shape index (κ1) is 7.93. The zero-order valence-electron chi connectivity index (χ0n) is 6.22. The van der Waals surface area contributed by atoms with Crippen LogP contribution in [0.1, 0.15) is 0 Å². The van der Waals surface area contributed by atoms with E-state index >= 15 is 0 Å². The Bertz CT molecular complexity index is 480. The molecule has 0 radical (unpaired) electrons. The minimum Gasteiger partial charge on any atom is -0.282 e. The number of hydrogen-bond donors (Lipinski definition) is 0. The zero-order chi connectivity index (χ0) is 9.42. The van der Waals surface area contributed by atoms with E-state index in [9.17, 15) is 10.1 Å². The maximum Gasteiger partial charge on any atom is 0.288 e. The molecule has 2 heterocycles. The number of nitro groups is 1. The third-order valence-corrected chi connectivity index (χ3v) is 1.83. The van der Waals surface area contributed by atoms with Crippen molar-refractivity contribution >= 4 is 22.8 Å². The topological polar surface area (TPSA) is 73.3 Å². The molecule has 0 saturated carbocycles. The van der Waals surface area contributed by atoms with E-state index < -0.39 is 4.92 Å². The van der Waals surface area contributed by atoms with Crippen molar-refractivity contribution in [3.63, 3.8) is 0 Å². The Labute approximate surface area is 76.9 Å². The van der Waals surface area contributed by atoms with Crippen molar-refractivity contribution in [1.82, 2.24) is 14.6 Å². The highest BCUT2D eigenvalue weighted by atomic mass is 35.5. The van der Waals surface area contributed by atoms with Gasteiger partial charge in [0.15, 0.2) is 0 Å². The van der Waals surface area contributed by atoms with Gasteiger partial charge in [-0.2, -0.15) is 5.10 Å². The van der Waals surface area contributed by atoms with Crippen LogP contribution in [-0.4, -0.2) is 19.5 Å². The maximum absolute atomic E-state index is 10.4. The van der Waals surface area contributed by atoms with Crippen molar-refractivity contribution in [3.8, 4) is 0 Å². The molecule has 66 valence electrons. The molecule has 0 aromatic carbocycles. The fourth-order valence-corrected chi connectivity index (χ4v) is 1.20. The Morgan fingerprint density at radius 3 is 3.00 bits per heavy atom. The molecule has 0 unspecified atom stereocenters. The van der Waals surface area contributed by atoms with E-state index in [2.05, 4.69) is 10.2 Å². The summed E-state index contributed by atoms with van der Waals surface area (Å²) >= 11 is 5.64. The van der Waals surface area contributed by atoms with Gasteiger partial charge in [-0.1, -0.05) is 0 Å². The zero-order valence-corrected chi connectivity index (χ0v) is 6.97. The van der Waals surface area contributed by atoms with Crippen LogP contribution in [-0.2, 0) is 0 Å². The number of aromatic nitrogens is 3. The summed E-state index contributed by atoms with van der Waals surface area (Å²) < 4.78 is 1.40. The highest BCUT2D eigenvalue weighted by Crippen LogP contribution is 2.18. The number of fused-ring (bicyclic) bond motifs is 1. The molecule has 6 nitrogen and oxygen atoms in total. The summed E-state index contributed by atoms with van der Waals surface area (Å²) in [6, 6.07) is 1.38. The summed E-state index contributed by atoms with van der Waals surface area (Å²) in [5.74, 6) is 0. The van der Waals surface area contributed by atoms with Crippen molar-refractivity contribution in [2.45, 2.75) is 0 Å². The van der Waals surface area contributed by atoms with E-state index in [0.29, 0.717) is 5.52 Å². The largest absolute Gasteiger partial charge is 0.288 e. The summed E-state index contributed by atoms with van der Waals surface area (Å²) in [7, 11) is 0. The molecule has 0 atom stereocenters. The second-order valence-corrected chi connectivity index (χ2v) is 2.70. The second kappa shape index (κ2) is 2.67. The first-order chi connectivity index (χ1) is 6.18. The molecule has 0 spiro atoms. The summed E-state index contributed by atoms with van der Waals surface area (Å²) in [5.41, 5.74) is 0.517. The lowest BCUT2D eigenvalue weighted by Gasteiger charge is -1.91. The fraction of sp³-hybridized carbons (Fsp3) is 0. The first-order valence-corrected chi connectivity index (χ1v) is 3.70. The van der Waals surface area contributed by atoms with Crippen molar-refractivity contribution in [2.24, 2.45) is 0 Å². The van der Waals surface area contributed by atoms with Crippen molar-refractivity contribution < 1.29 is 4.92 Å². The third kappa shape index (κ3) is 1.20. The standard InChI is InChI=1S/C6H3ClN4O2/c7-6-9-8-2-4-1-5(11(12)13)3-10(4)6/h1-3H. The molecular formula is C6H3ClN4O2. The van der Waals surface area contributed by atoms with Crippen LogP contribution >= 0.6 is 11.6 Å². The van der Waals surface area contributed by atoms with Crippen LogP contribution in [0.3, 0.4) is 0 Å². The van der Waals surface area contributed by atoms with Crippen LogP contribution in [0.4, 0.5) is 5.69 Å². The van der Waals surface area contributed by atoms with Crippen LogP contribution in [0.2, 0.25) is 5.28 Å². The average molecular weight is 199 g/mol. The molecule has 2 rings (SSSR count). The Morgan fingerprint density at radius 1 is 1.62 bits per heavy atom. The molecule has 0 saturated heterocycles. The summed E-state index contributed by atoms with van der Waals surface area (Å²) in [6.45, 7) is 0. The van der Waals surface area contributed by atoms with Gasteiger partial charge in [0.05, 0.1) is 22.8 Å². The molecule has 0 aliphatic heterocycles. The number of hydrogen-bond acceptors (Lipinski definition) is 4. The van der Waals surface area contributed by atoms with Crippen molar-refractivity contribution in [3.05, 3.63) is 33.9 Å². The smallest absolute Gasteiger partial charge is 0.282 e. The number of rotatable bonds is 1. The third-order valence-electron chi connectivity index (χ3n) is 1.58. The molecule has 13 heavy (non-hydrogen) atoms. The molecule has 7 heteroatoms. The number of halogens is 1. The van der Waals surface area contributed by atoms with Crippen LogP contribution in [0, 0.1) is 10.1 Å². The van der Waals surface area contributed by atoms with Gasteiger partial charge in [-0.15, -0.1) is 5.10 Å². The van der Waals surface area contributed by atoms with Crippen LogP contribution < -0.4 is 0 Å². The molecule has 0 bridgehead atoms. The van der Waals surface area contributed by atoms with Gasteiger partial charge in [-0.25, -0.2) is 0 Å². The lowest BCUT2D eigenvalue weighted by molar-refractivity contribution is -0.384. The number of nitrogens with zero attached hydrogens (tertiary/aromatic N) is 4. The summed E-state index contributed by atoms with van der Waals surface area (Å²) in [4.78, 5) is 9.89. The Balaban J connectivity index is 2.75. The molecular weight excluding hydrogens is 196 g/mol. The van der Waals surface area contributed by atoms with E-state index in [-0.39, 0.29) is 11.0 Å². The quantitative estimate of drug-likeness (QED) is 0.511. The van der Waals surface area contributed by atoms with E-state index in [1.165, 1.54) is 22.9 Å². The predicted octanol–water partition coefficient (Wildman–Crippen LogP) is 1.29. The normalized spacial score (nSPS) is 10.5. The summed E-state index contributed by atoms with van der Waals surface area (Å²) in [5, 5.41) is 17.6. The van der Waals surface area contributed by atoms with Crippen LogP contribution in [0.15, 0.2) is 18.5 Å². The predicted molar refractivity (Wildman–Crippen MR) is 44.7 cm³/mol. The Morgan fingerprint density at radius 2 is 2.38 bits per heavy atom. The highest BCUT2D eigenvalue weighted by molar-refractivity contribution is 6.28. The van der Waals surface area contributed by atoms with Gasteiger partial charge in [-0.05, 0) is 11.6 Å². The Hall–Kier alpha value is -1.69. The maximum atomic E-state index is 10.4. The minimum absolute atomic E-state index is 0.0308. The van der Waals surface area contributed by atoms with Gasteiger partial charge in [0.25, 0.3) is 5.69 Å². The van der Waals surface area contributed by atoms with Gasteiger partial charge in [0.2, 0.25) is 5.28 Å². The van der Waals surface area contributed by atoms with E-state index in [4.69, 9.17) is 11.6 Å². The Kier molecular flexibility index (Phi) is 1.63. The molecule has 2 aromatic heterocycles. The molecule has 0 aliphatic carbocycles. The molecule has 0 fully saturated rings. The minimum atomic E-state index is -0.497. The molecule has 2 aromatic rings. The fourth-order valence-electron chi connectivity index (χ4n) is 1.01. The second-order valence-electron chi connectivity index (χ2n) is 2.36. The average Bonchev–Trinajstić information content (AvgIpc) is 2.49. The molecule has 0 N–H and O–H groups in total. The van der Waals surface area contributed by atoms with Crippen LogP contribution in [0.5, 0.6) is 0 Å². The van der Waals surface area contributed by atoms with E-state index in [1.54, 1.807) is 0 Å². The van der Waals surface area contributed by atoms with Crippen LogP contribution in [0.25, 0.3) is 5.52 Å². The van der Waals surface area contributed by atoms with Gasteiger partial charge in [0, 0.05) is 6.07 Å². The first-order valence-electron chi connectivity index (χ1n) is 3.32. The molecule has 0 amide bonds. The SMILES string of the molecule is O=[N+]([O-])c1cc2cnnc(Cl)n2c1. The van der Waals surface area contributed by atoms with Crippen molar-refractivity contribution in [2.75, 3.05) is 0 Å². The lowest BCUT2D eigenvalue weighted by Crippen LogP contribution is -1.90. The van der Waals surface area contributed by atoms with E-state index in [0.717, 1.165) is 0 Å². The van der Waals surface area contributed by atoms with Crippen molar-refractivity contribution in [1.29, 1.82) is 0 Å². The lowest BCUT2D eigenvalue weighted by atomic mass is 10.5.